The van der Waals surface area contributed by atoms with Crippen LogP contribution in [0.25, 0.3) is 0 Å². The summed E-state index contributed by atoms with van der Waals surface area (Å²) in [6, 6.07) is 11.4. The van der Waals surface area contributed by atoms with E-state index in [0.717, 1.165) is 32.1 Å². The zero-order valence-corrected chi connectivity index (χ0v) is 20.3. The summed E-state index contributed by atoms with van der Waals surface area (Å²) in [4.78, 5) is 14.8. The molecular formula is C25H39N3O3S. The van der Waals surface area contributed by atoms with Crippen LogP contribution in [0.4, 0.5) is 4.79 Å². The predicted molar refractivity (Wildman–Crippen MR) is 130 cm³/mol. The molecule has 0 radical (unpaired) electrons. The zero-order valence-electron chi connectivity index (χ0n) is 19.5. The molecule has 6 nitrogen and oxygen atoms in total. The Hall–Kier alpha value is -1.28. The normalized spacial score (nSPS) is 34.3. The first kappa shape index (κ1) is 22.5. The predicted octanol–water partition coefficient (Wildman–Crippen LogP) is 5.21. The van der Waals surface area contributed by atoms with E-state index in [-0.39, 0.29) is 22.7 Å². The minimum atomic E-state index is -2.60. The van der Waals surface area contributed by atoms with E-state index in [1.54, 1.807) is 0 Å². The third kappa shape index (κ3) is 4.17. The Kier molecular flexibility index (Phi) is 5.76. The maximum atomic E-state index is 13.0. The van der Waals surface area contributed by atoms with Crippen molar-refractivity contribution in [2.24, 2.45) is 5.41 Å². The molecule has 0 unspecified atom stereocenters. The Morgan fingerprint density at radius 1 is 1.06 bits per heavy atom. The molecule has 3 N–H and O–H groups in total. The van der Waals surface area contributed by atoms with E-state index in [2.05, 4.69) is 42.6 Å². The van der Waals surface area contributed by atoms with E-state index in [1.807, 2.05) is 16.3 Å². The van der Waals surface area contributed by atoms with E-state index in [9.17, 15) is 13.9 Å². The van der Waals surface area contributed by atoms with Crippen molar-refractivity contribution in [1.82, 2.24) is 14.5 Å². The van der Waals surface area contributed by atoms with Gasteiger partial charge in [-0.2, -0.15) is 0 Å². The highest BCUT2D eigenvalue weighted by molar-refractivity contribution is 8.23. The quantitative estimate of drug-likeness (QED) is 0.563. The second kappa shape index (κ2) is 8.19. The van der Waals surface area contributed by atoms with Crippen LogP contribution in [0.2, 0.25) is 0 Å². The van der Waals surface area contributed by atoms with Crippen LogP contribution in [-0.4, -0.2) is 61.8 Å². The number of amides is 2. The van der Waals surface area contributed by atoms with Gasteiger partial charge in [0.25, 0.3) is 0 Å². The second-order valence-corrected chi connectivity index (χ2v) is 13.3. The van der Waals surface area contributed by atoms with Crippen molar-refractivity contribution in [3.63, 3.8) is 0 Å². The fourth-order valence-corrected chi connectivity index (χ4v) is 7.98. The van der Waals surface area contributed by atoms with E-state index in [1.165, 1.54) is 31.2 Å². The van der Waals surface area contributed by atoms with Gasteiger partial charge in [0.05, 0.1) is 5.25 Å². The van der Waals surface area contributed by atoms with Crippen molar-refractivity contribution in [1.29, 1.82) is 0 Å². The monoisotopic (exact) mass is 461 g/mol. The van der Waals surface area contributed by atoms with E-state index in [0.29, 0.717) is 24.5 Å². The second-order valence-electron chi connectivity index (χ2n) is 11.0. The molecule has 1 saturated heterocycles. The Bertz CT molecular complexity index is 828. The number of carbonyl (C=O) groups is 1. The van der Waals surface area contributed by atoms with Crippen LogP contribution in [0.5, 0.6) is 0 Å². The van der Waals surface area contributed by atoms with E-state index in [4.69, 9.17) is 0 Å². The number of nitrogens with one attached hydrogen (secondary N) is 1. The van der Waals surface area contributed by atoms with Gasteiger partial charge in [0.2, 0.25) is 0 Å². The fourth-order valence-electron chi connectivity index (χ4n) is 6.04. The van der Waals surface area contributed by atoms with Gasteiger partial charge in [-0.3, -0.25) is 9.11 Å². The van der Waals surface area contributed by atoms with Crippen molar-refractivity contribution in [3.8, 4) is 0 Å². The van der Waals surface area contributed by atoms with Crippen molar-refractivity contribution in [2.75, 3.05) is 20.1 Å². The number of piperidine rings is 1. The SMILES string of the molecule is CN(C(=O)N[C@H]1CC12CCC(C)(c1ccccc1)CC2)C1CCN(S(O)(O)C2CC2)CC1. The molecule has 1 heterocycles. The molecular weight excluding hydrogens is 422 g/mol. The van der Waals surface area contributed by atoms with E-state index < -0.39 is 10.8 Å². The van der Waals surface area contributed by atoms with Crippen molar-refractivity contribution < 1.29 is 13.9 Å². The molecule has 4 aliphatic rings. The summed E-state index contributed by atoms with van der Waals surface area (Å²) in [5.41, 5.74) is 2.00. The largest absolute Gasteiger partial charge is 0.335 e. The molecule has 32 heavy (non-hydrogen) atoms. The average molecular weight is 462 g/mol. The Morgan fingerprint density at radius 3 is 2.28 bits per heavy atom. The highest BCUT2D eigenvalue weighted by atomic mass is 32.3. The van der Waals surface area contributed by atoms with Crippen molar-refractivity contribution in [3.05, 3.63) is 35.9 Å². The number of urea groups is 1. The topological polar surface area (TPSA) is 76.0 Å². The average Bonchev–Trinajstić information content (AvgIpc) is 3.73. The van der Waals surface area contributed by atoms with Crippen LogP contribution in [0.3, 0.4) is 0 Å². The molecule has 1 aromatic carbocycles. The van der Waals surface area contributed by atoms with Crippen LogP contribution in [0.1, 0.15) is 70.3 Å². The third-order valence-corrected chi connectivity index (χ3v) is 11.4. The van der Waals surface area contributed by atoms with Crippen LogP contribution < -0.4 is 5.32 Å². The van der Waals surface area contributed by atoms with Gasteiger partial charge in [-0.15, -0.1) is 10.8 Å². The number of hydrogen-bond acceptors (Lipinski definition) is 4. The molecule has 1 aromatic rings. The van der Waals surface area contributed by atoms with Gasteiger partial charge in [0, 0.05) is 32.2 Å². The lowest BCUT2D eigenvalue weighted by atomic mass is 9.66. The summed E-state index contributed by atoms with van der Waals surface area (Å²) in [5, 5.41) is 3.40. The number of hydrogen-bond donors (Lipinski definition) is 3. The van der Waals surface area contributed by atoms with Crippen LogP contribution in [0, 0.1) is 5.41 Å². The highest BCUT2D eigenvalue weighted by Gasteiger charge is 2.57. The maximum absolute atomic E-state index is 13.0. The van der Waals surface area contributed by atoms with Gasteiger partial charge in [0.15, 0.2) is 0 Å². The number of carbonyl (C=O) groups excluding carboxylic acids is 1. The smallest absolute Gasteiger partial charge is 0.317 e. The molecule has 1 spiro atoms. The zero-order chi connectivity index (χ0) is 22.6. The lowest BCUT2D eigenvalue weighted by molar-refractivity contribution is 0.156. The summed E-state index contributed by atoms with van der Waals surface area (Å²) < 4.78 is 22.8. The molecule has 2 amide bonds. The van der Waals surface area contributed by atoms with E-state index >= 15 is 0 Å². The molecule has 0 bridgehead atoms. The highest BCUT2D eigenvalue weighted by Crippen LogP contribution is 2.60. The Morgan fingerprint density at radius 2 is 1.69 bits per heavy atom. The first-order valence-corrected chi connectivity index (χ1v) is 13.9. The van der Waals surface area contributed by atoms with Crippen LogP contribution in [-0.2, 0) is 5.41 Å². The van der Waals surface area contributed by atoms with Crippen molar-refractivity contribution >= 4 is 16.8 Å². The molecule has 178 valence electrons. The molecule has 7 heteroatoms. The fraction of sp³-hybridized carbons (Fsp3) is 0.720. The molecule has 1 atom stereocenters. The lowest BCUT2D eigenvalue weighted by Crippen LogP contribution is -2.50. The van der Waals surface area contributed by atoms with Gasteiger partial charge in [-0.05, 0) is 74.2 Å². The van der Waals surface area contributed by atoms with Crippen LogP contribution >= 0.6 is 10.8 Å². The van der Waals surface area contributed by atoms with Gasteiger partial charge < -0.3 is 10.2 Å². The first-order chi connectivity index (χ1) is 15.2. The molecule has 3 aliphatic carbocycles. The molecule has 0 aromatic heterocycles. The summed E-state index contributed by atoms with van der Waals surface area (Å²) in [6.07, 6.45) is 9.31. The summed E-state index contributed by atoms with van der Waals surface area (Å²) in [6.45, 7) is 3.71. The molecule has 4 fully saturated rings. The number of benzene rings is 1. The van der Waals surface area contributed by atoms with Gasteiger partial charge in [-0.25, -0.2) is 9.10 Å². The summed E-state index contributed by atoms with van der Waals surface area (Å²) in [7, 11) is -0.702. The number of rotatable bonds is 5. The Labute approximate surface area is 194 Å². The van der Waals surface area contributed by atoms with Crippen LogP contribution in [0.15, 0.2) is 30.3 Å². The maximum Gasteiger partial charge on any atom is 0.317 e. The minimum absolute atomic E-state index is 0.0375. The Balaban J connectivity index is 1.10. The first-order valence-electron chi connectivity index (χ1n) is 12.3. The molecule has 5 rings (SSSR count). The summed E-state index contributed by atoms with van der Waals surface area (Å²) >= 11 is 0. The lowest BCUT2D eigenvalue weighted by Gasteiger charge is -2.47. The standard InChI is InChI=1S/C25H39N3O3S/c1-24(19-6-4-3-5-7-19)12-14-25(15-13-24)18-22(25)26-23(29)27(2)20-10-16-28(17-11-20)32(30,31)21-8-9-21/h3-7,20-22,30-31H,8-18H2,1-2H3,(H,26,29)/t22-,24?,25?/m0/s1. The summed E-state index contributed by atoms with van der Waals surface area (Å²) in [5.74, 6) is 0. The number of nitrogens with zero attached hydrogens (tertiary/aromatic N) is 2. The molecule has 3 saturated carbocycles. The van der Waals surface area contributed by atoms with Gasteiger partial charge >= 0.3 is 6.03 Å². The molecule has 1 aliphatic heterocycles. The minimum Gasteiger partial charge on any atom is -0.335 e. The third-order valence-electron chi connectivity index (χ3n) is 8.95. The van der Waals surface area contributed by atoms with Gasteiger partial charge in [0.1, 0.15) is 0 Å². The van der Waals surface area contributed by atoms with Crippen molar-refractivity contribution in [2.45, 2.75) is 87.5 Å². The van der Waals surface area contributed by atoms with Gasteiger partial charge in [-0.1, -0.05) is 37.3 Å².